The molecule has 0 saturated heterocycles. The SMILES string of the molecule is CCC[C@@H]1CCc2c(sc(=O)n2CCCNC(C)=O)C1. The van der Waals surface area contributed by atoms with Crippen LogP contribution in [0.25, 0.3) is 0 Å². The molecule has 5 heteroatoms. The van der Waals surface area contributed by atoms with Crippen molar-refractivity contribution in [2.45, 2.75) is 58.9 Å². The highest BCUT2D eigenvalue weighted by atomic mass is 32.1. The largest absolute Gasteiger partial charge is 0.356 e. The molecule has 0 bridgehead atoms. The molecule has 1 aromatic heterocycles. The lowest BCUT2D eigenvalue weighted by molar-refractivity contribution is -0.118. The van der Waals surface area contributed by atoms with E-state index in [2.05, 4.69) is 12.2 Å². The molecule has 0 saturated carbocycles. The number of hydrogen-bond donors (Lipinski definition) is 1. The monoisotopic (exact) mass is 296 g/mol. The molecular weight excluding hydrogens is 272 g/mol. The van der Waals surface area contributed by atoms with Gasteiger partial charge in [0.25, 0.3) is 0 Å². The Kier molecular flexibility index (Phi) is 5.40. The van der Waals surface area contributed by atoms with Crippen LogP contribution in [0.1, 0.15) is 50.1 Å². The minimum absolute atomic E-state index is 0.00731. The molecule has 112 valence electrons. The van der Waals surface area contributed by atoms with E-state index in [0.29, 0.717) is 6.54 Å². The van der Waals surface area contributed by atoms with E-state index >= 15 is 0 Å². The number of nitrogens with zero attached hydrogens (tertiary/aromatic N) is 1. The highest BCUT2D eigenvalue weighted by Gasteiger charge is 2.23. The maximum absolute atomic E-state index is 12.1. The Morgan fingerprint density at radius 1 is 1.50 bits per heavy atom. The smallest absolute Gasteiger partial charge is 0.307 e. The minimum Gasteiger partial charge on any atom is -0.356 e. The first-order valence-corrected chi connectivity index (χ1v) is 8.39. The van der Waals surface area contributed by atoms with Gasteiger partial charge in [-0.2, -0.15) is 0 Å². The molecule has 1 aliphatic rings. The molecule has 4 nitrogen and oxygen atoms in total. The number of thiazole rings is 1. The van der Waals surface area contributed by atoms with Crippen molar-refractivity contribution in [3.63, 3.8) is 0 Å². The summed E-state index contributed by atoms with van der Waals surface area (Å²) in [5.74, 6) is 0.755. The van der Waals surface area contributed by atoms with Crippen molar-refractivity contribution in [1.29, 1.82) is 0 Å². The summed E-state index contributed by atoms with van der Waals surface area (Å²) in [5.41, 5.74) is 1.26. The van der Waals surface area contributed by atoms with Gasteiger partial charge in [-0.25, -0.2) is 0 Å². The van der Waals surface area contributed by atoms with Crippen molar-refractivity contribution >= 4 is 17.2 Å². The highest BCUT2D eigenvalue weighted by molar-refractivity contribution is 7.09. The fraction of sp³-hybridized carbons (Fsp3) is 0.733. The van der Waals surface area contributed by atoms with E-state index in [1.807, 2.05) is 4.57 Å². The van der Waals surface area contributed by atoms with Crippen LogP contribution in [-0.2, 0) is 24.2 Å². The Balaban J connectivity index is 1.98. The second kappa shape index (κ2) is 7.07. The predicted octanol–water partition coefficient (Wildman–Crippen LogP) is 2.34. The van der Waals surface area contributed by atoms with Crippen LogP contribution in [0.3, 0.4) is 0 Å². The number of amides is 1. The van der Waals surface area contributed by atoms with Crippen molar-refractivity contribution in [1.82, 2.24) is 9.88 Å². The van der Waals surface area contributed by atoms with Gasteiger partial charge in [0.2, 0.25) is 5.91 Å². The van der Waals surface area contributed by atoms with Gasteiger partial charge in [0.15, 0.2) is 0 Å². The molecule has 20 heavy (non-hydrogen) atoms. The van der Waals surface area contributed by atoms with Gasteiger partial charge in [0, 0.05) is 30.6 Å². The molecule has 0 radical (unpaired) electrons. The number of nitrogens with one attached hydrogen (secondary N) is 1. The molecule has 1 heterocycles. The summed E-state index contributed by atoms with van der Waals surface area (Å²) in [7, 11) is 0. The number of fused-ring (bicyclic) bond motifs is 1. The van der Waals surface area contributed by atoms with E-state index in [-0.39, 0.29) is 10.8 Å². The first-order valence-electron chi connectivity index (χ1n) is 7.57. The van der Waals surface area contributed by atoms with Gasteiger partial charge in [-0.05, 0) is 31.6 Å². The zero-order chi connectivity index (χ0) is 14.5. The second-order valence-electron chi connectivity index (χ2n) is 5.62. The average Bonchev–Trinajstić information content (AvgIpc) is 2.70. The topological polar surface area (TPSA) is 51.1 Å². The lowest BCUT2D eigenvalue weighted by Crippen LogP contribution is -2.25. The standard InChI is InChI=1S/C15H24N2O2S/c1-3-5-12-6-7-13-14(10-12)20-15(19)17(13)9-4-8-16-11(2)18/h12H,3-10H2,1-2H3,(H,16,18)/t12-/m1/s1. The van der Waals surface area contributed by atoms with Crippen molar-refractivity contribution in [2.24, 2.45) is 5.92 Å². The number of carbonyl (C=O) groups is 1. The Morgan fingerprint density at radius 3 is 3.00 bits per heavy atom. The molecule has 0 aliphatic heterocycles. The highest BCUT2D eigenvalue weighted by Crippen LogP contribution is 2.30. The fourth-order valence-electron chi connectivity index (χ4n) is 3.00. The van der Waals surface area contributed by atoms with E-state index in [1.54, 1.807) is 0 Å². The van der Waals surface area contributed by atoms with Crippen LogP contribution >= 0.6 is 11.3 Å². The molecular formula is C15H24N2O2S. The summed E-state index contributed by atoms with van der Waals surface area (Å²) < 4.78 is 1.93. The Bertz CT molecular complexity index is 518. The Labute approximate surface area is 124 Å². The maximum Gasteiger partial charge on any atom is 0.307 e. The number of carbonyl (C=O) groups excluding carboxylic acids is 1. The Hall–Kier alpha value is -1.10. The molecule has 0 unspecified atom stereocenters. The van der Waals surface area contributed by atoms with Crippen molar-refractivity contribution < 1.29 is 4.79 Å². The summed E-state index contributed by atoms with van der Waals surface area (Å²) in [4.78, 5) is 24.4. The average molecular weight is 296 g/mol. The zero-order valence-electron chi connectivity index (χ0n) is 12.4. The summed E-state index contributed by atoms with van der Waals surface area (Å²) in [6.07, 6.45) is 6.66. The Morgan fingerprint density at radius 2 is 2.30 bits per heavy atom. The quantitative estimate of drug-likeness (QED) is 0.819. The molecule has 1 aromatic rings. The van der Waals surface area contributed by atoms with Gasteiger partial charge in [-0.1, -0.05) is 31.1 Å². The van der Waals surface area contributed by atoms with Gasteiger partial charge < -0.3 is 9.88 Å². The summed E-state index contributed by atoms with van der Waals surface area (Å²) >= 11 is 1.43. The van der Waals surface area contributed by atoms with Crippen LogP contribution in [0.15, 0.2) is 4.79 Å². The lowest BCUT2D eigenvalue weighted by Gasteiger charge is -2.22. The summed E-state index contributed by atoms with van der Waals surface area (Å²) in [5, 5.41) is 2.78. The zero-order valence-corrected chi connectivity index (χ0v) is 13.2. The molecule has 0 fully saturated rings. The lowest BCUT2D eigenvalue weighted by atomic mass is 9.88. The van der Waals surface area contributed by atoms with Gasteiger partial charge in [-0.3, -0.25) is 9.59 Å². The van der Waals surface area contributed by atoms with Crippen LogP contribution in [0.4, 0.5) is 0 Å². The summed E-state index contributed by atoms with van der Waals surface area (Å²) in [6, 6.07) is 0. The van der Waals surface area contributed by atoms with Gasteiger partial charge in [0.05, 0.1) is 0 Å². The van der Waals surface area contributed by atoms with E-state index in [0.717, 1.165) is 31.7 Å². The second-order valence-corrected chi connectivity index (χ2v) is 6.67. The molecule has 1 N–H and O–H groups in total. The summed E-state index contributed by atoms with van der Waals surface area (Å²) in [6.45, 7) is 5.12. The van der Waals surface area contributed by atoms with Gasteiger partial charge in [-0.15, -0.1) is 0 Å². The van der Waals surface area contributed by atoms with Crippen molar-refractivity contribution in [3.8, 4) is 0 Å². The van der Waals surface area contributed by atoms with Crippen molar-refractivity contribution in [2.75, 3.05) is 6.54 Å². The first kappa shape index (κ1) is 15.3. The molecule has 0 aromatic carbocycles. The van der Waals surface area contributed by atoms with Crippen LogP contribution in [0.2, 0.25) is 0 Å². The van der Waals surface area contributed by atoms with Crippen LogP contribution in [0, 0.1) is 5.92 Å². The van der Waals surface area contributed by atoms with E-state index in [4.69, 9.17) is 0 Å². The third kappa shape index (κ3) is 3.72. The third-order valence-corrected chi connectivity index (χ3v) is 5.02. The number of aromatic nitrogens is 1. The molecule has 1 atom stereocenters. The van der Waals surface area contributed by atoms with Crippen LogP contribution < -0.4 is 10.2 Å². The predicted molar refractivity (Wildman–Crippen MR) is 82.3 cm³/mol. The number of hydrogen-bond acceptors (Lipinski definition) is 3. The molecule has 1 amide bonds. The molecule has 0 spiro atoms. The van der Waals surface area contributed by atoms with E-state index in [9.17, 15) is 9.59 Å². The van der Waals surface area contributed by atoms with E-state index in [1.165, 1.54) is 48.1 Å². The van der Waals surface area contributed by atoms with Crippen LogP contribution in [-0.4, -0.2) is 17.0 Å². The van der Waals surface area contributed by atoms with Crippen molar-refractivity contribution in [3.05, 3.63) is 20.2 Å². The third-order valence-electron chi connectivity index (χ3n) is 3.97. The minimum atomic E-state index is -0.00731. The first-order chi connectivity index (χ1) is 9.61. The van der Waals surface area contributed by atoms with Gasteiger partial charge in [0.1, 0.15) is 0 Å². The maximum atomic E-state index is 12.1. The van der Waals surface area contributed by atoms with E-state index < -0.39 is 0 Å². The number of rotatable bonds is 6. The fourth-order valence-corrected chi connectivity index (χ4v) is 4.17. The normalized spacial score (nSPS) is 17.8. The van der Waals surface area contributed by atoms with Crippen LogP contribution in [0.5, 0.6) is 0 Å². The molecule has 1 aliphatic carbocycles. The molecule has 2 rings (SSSR count). The van der Waals surface area contributed by atoms with Gasteiger partial charge >= 0.3 is 4.87 Å².